The Balaban J connectivity index is 1.76. The first-order valence-corrected chi connectivity index (χ1v) is 11.9. The summed E-state index contributed by atoms with van der Waals surface area (Å²) in [6.45, 7) is 6.49. The average Bonchev–Trinajstić information content (AvgIpc) is 2.90. The van der Waals surface area contributed by atoms with Crippen molar-refractivity contribution in [3.63, 3.8) is 0 Å². The third-order valence-corrected chi connectivity index (χ3v) is 5.95. The van der Waals surface area contributed by atoms with Gasteiger partial charge in [-0.1, -0.05) is 37.8 Å². The molecule has 1 aromatic heterocycles. The first kappa shape index (κ1) is 26.4. The molecule has 0 aliphatic heterocycles. The molecule has 3 aromatic rings. The van der Waals surface area contributed by atoms with Crippen molar-refractivity contribution in [2.75, 3.05) is 31.9 Å². The van der Waals surface area contributed by atoms with Crippen LogP contribution in [0.5, 0.6) is 0 Å². The molecule has 1 atom stereocenters. The molecule has 8 nitrogen and oxygen atoms in total. The van der Waals surface area contributed by atoms with E-state index >= 15 is 0 Å². The molecule has 1 amide bonds. The van der Waals surface area contributed by atoms with Gasteiger partial charge in [0.05, 0.1) is 17.2 Å². The van der Waals surface area contributed by atoms with Gasteiger partial charge in [-0.25, -0.2) is 4.98 Å². The number of hydrogen-bond acceptors (Lipinski definition) is 6. The van der Waals surface area contributed by atoms with E-state index in [0.29, 0.717) is 29.1 Å². The van der Waals surface area contributed by atoms with Crippen molar-refractivity contribution in [1.29, 1.82) is 0 Å². The zero-order chi connectivity index (χ0) is 26.1. The standard InChI is InChI=1S/C28H32N6O2/c1-3-34(4-2)18-24(35)17-33-28(36)20-8-5-19(6-9-20)7-12-25-26-13-21(23(14-29)15-30)10-11-22(26)16-32-27(25)31/h5-6,8-11,13-16,24,29,35H,3-4,17-18,30H2,1-2H3,(H2,31,32)(H,33,36)/p+1/b23-15+,29-14?. The third kappa shape index (κ3) is 6.48. The van der Waals surface area contributed by atoms with E-state index < -0.39 is 6.10 Å². The number of anilines is 1. The zero-order valence-electron chi connectivity index (χ0n) is 20.7. The predicted molar refractivity (Wildman–Crippen MR) is 145 cm³/mol. The highest BCUT2D eigenvalue weighted by Crippen LogP contribution is 2.25. The highest BCUT2D eigenvalue weighted by Gasteiger charge is 2.12. The molecule has 186 valence electrons. The number of pyridine rings is 1. The van der Waals surface area contributed by atoms with E-state index in [1.165, 1.54) is 12.4 Å². The van der Waals surface area contributed by atoms with Crippen molar-refractivity contribution in [3.8, 4) is 11.8 Å². The lowest BCUT2D eigenvalue weighted by Crippen LogP contribution is -2.40. The summed E-state index contributed by atoms with van der Waals surface area (Å²) in [7, 11) is 0. The summed E-state index contributed by atoms with van der Waals surface area (Å²) >= 11 is 0. The van der Waals surface area contributed by atoms with Crippen molar-refractivity contribution >= 4 is 34.3 Å². The van der Waals surface area contributed by atoms with E-state index in [9.17, 15) is 9.90 Å². The van der Waals surface area contributed by atoms with E-state index in [0.717, 1.165) is 35.0 Å². The molecular weight excluding hydrogens is 452 g/mol. The lowest BCUT2D eigenvalue weighted by molar-refractivity contribution is -0.103. The van der Waals surface area contributed by atoms with Crippen molar-refractivity contribution in [3.05, 3.63) is 77.1 Å². The molecule has 8 heteroatoms. The van der Waals surface area contributed by atoms with Crippen molar-refractivity contribution in [2.24, 2.45) is 5.73 Å². The molecule has 0 saturated heterocycles. The van der Waals surface area contributed by atoms with Crippen LogP contribution in [-0.2, 0) is 0 Å². The van der Waals surface area contributed by atoms with E-state index in [1.807, 2.05) is 32.0 Å². The Bertz CT molecular complexity index is 1320. The number of nitrogens with zero attached hydrogens (tertiary/aromatic N) is 2. The van der Waals surface area contributed by atoms with Crippen molar-refractivity contribution in [1.82, 2.24) is 15.2 Å². The average molecular weight is 486 g/mol. The second kappa shape index (κ2) is 12.5. The Kier molecular flexibility index (Phi) is 9.17. The van der Waals surface area contributed by atoms with Crippen LogP contribution in [0.4, 0.5) is 5.82 Å². The monoisotopic (exact) mass is 485 g/mol. The highest BCUT2D eigenvalue weighted by molar-refractivity contribution is 6.08. The van der Waals surface area contributed by atoms with Gasteiger partial charge in [0.2, 0.25) is 0 Å². The molecule has 0 bridgehead atoms. The van der Waals surface area contributed by atoms with Gasteiger partial charge < -0.3 is 26.8 Å². The normalized spacial score (nSPS) is 12.2. The number of nitrogens with one attached hydrogen (secondary N) is 1. The fraction of sp³-hybridized carbons (Fsp3) is 0.250. The molecule has 0 aliphatic carbocycles. The van der Waals surface area contributed by atoms with Crippen LogP contribution in [0.3, 0.4) is 0 Å². The molecule has 8 N–H and O–H groups in total. The minimum Gasteiger partial charge on any atom is -0.404 e. The Labute approximate surface area is 211 Å². The second-order valence-electron chi connectivity index (χ2n) is 8.29. The van der Waals surface area contributed by atoms with E-state index in [2.05, 4.69) is 27.0 Å². The summed E-state index contributed by atoms with van der Waals surface area (Å²) in [5.74, 6) is 6.30. The summed E-state index contributed by atoms with van der Waals surface area (Å²) in [5, 5.41) is 20.4. The molecule has 1 heterocycles. The maximum Gasteiger partial charge on any atom is 0.251 e. The summed E-state index contributed by atoms with van der Waals surface area (Å²) in [4.78, 5) is 18.8. The smallest absolute Gasteiger partial charge is 0.251 e. The van der Waals surface area contributed by atoms with Gasteiger partial charge in [-0.05, 0) is 49.0 Å². The first-order valence-electron chi connectivity index (χ1n) is 11.9. The number of amides is 1. The van der Waals surface area contributed by atoms with Crippen LogP contribution in [-0.4, -0.2) is 59.4 Å². The van der Waals surface area contributed by atoms with Crippen molar-refractivity contribution in [2.45, 2.75) is 20.0 Å². The van der Waals surface area contributed by atoms with Gasteiger partial charge in [0.25, 0.3) is 5.91 Å². The molecule has 2 aromatic carbocycles. The van der Waals surface area contributed by atoms with Crippen LogP contribution in [0, 0.1) is 11.8 Å². The van der Waals surface area contributed by atoms with Crippen LogP contribution < -0.4 is 22.2 Å². The molecule has 0 radical (unpaired) electrons. The summed E-state index contributed by atoms with van der Waals surface area (Å²) in [6, 6.07) is 12.7. The van der Waals surface area contributed by atoms with Crippen LogP contribution in [0.1, 0.15) is 40.9 Å². The van der Waals surface area contributed by atoms with E-state index in [-0.39, 0.29) is 12.5 Å². The quantitative estimate of drug-likeness (QED) is 0.224. The van der Waals surface area contributed by atoms with Crippen LogP contribution in [0.2, 0.25) is 0 Å². The van der Waals surface area contributed by atoms with Gasteiger partial charge in [0.15, 0.2) is 6.21 Å². The number of benzene rings is 2. The topological polar surface area (TPSA) is 143 Å². The lowest BCUT2D eigenvalue weighted by atomic mass is 10.00. The molecule has 0 fully saturated rings. The number of allylic oxidation sites excluding steroid dienone is 1. The fourth-order valence-electron chi connectivity index (χ4n) is 3.78. The van der Waals surface area contributed by atoms with Gasteiger partial charge in [0, 0.05) is 47.4 Å². The summed E-state index contributed by atoms with van der Waals surface area (Å²) in [6.07, 6.45) is 3.96. The van der Waals surface area contributed by atoms with E-state index in [4.69, 9.17) is 16.9 Å². The number of rotatable bonds is 9. The van der Waals surface area contributed by atoms with Gasteiger partial charge in [-0.15, -0.1) is 0 Å². The van der Waals surface area contributed by atoms with Gasteiger partial charge in [-0.3, -0.25) is 10.2 Å². The zero-order valence-corrected chi connectivity index (χ0v) is 20.7. The molecule has 36 heavy (non-hydrogen) atoms. The number of aromatic nitrogens is 1. The number of fused-ring (bicyclic) bond motifs is 1. The first-order chi connectivity index (χ1) is 17.4. The summed E-state index contributed by atoms with van der Waals surface area (Å²) in [5.41, 5.74) is 15.2. The second-order valence-corrected chi connectivity index (χ2v) is 8.29. The molecule has 0 saturated carbocycles. The minimum atomic E-state index is -0.626. The number of aliphatic hydroxyl groups excluding tert-OH is 1. The summed E-state index contributed by atoms with van der Waals surface area (Å²) < 4.78 is 0. The number of carbonyl (C=O) groups is 1. The SMILES string of the molecule is CCN(CC)CC(O)CNC(=O)c1ccc(C#Cc2c(N)ncc3ccc(/C(C=[NH2+])=C/N)cc23)cc1. The maximum absolute atomic E-state index is 12.5. The number of hydrogen-bond donors (Lipinski definition) is 5. The van der Waals surface area contributed by atoms with Gasteiger partial charge in [-0.2, -0.15) is 0 Å². The number of nitrogen functional groups attached to an aromatic ring is 1. The molecule has 0 spiro atoms. The number of likely N-dealkylation sites (N-methyl/N-ethyl adjacent to an activating group) is 1. The molecular formula is C28H33N6O2+. The van der Waals surface area contributed by atoms with E-state index in [1.54, 1.807) is 30.5 Å². The van der Waals surface area contributed by atoms with Gasteiger partial charge >= 0.3 is 0 Å². The molecule has 1 unspecified atom stereocenters. The molecule has 0 aliphatic rings. The van der Waals surface area contributed by atoms with Crippen LogP contribution in [0.15, 0.2) is 54.9 Å². The Morgan fingerprint density at radius 2 is 1.86 bits per heavy atom. The Morgan fingerprint density at radius 3 is 2.50 bits per heavy atom. The maximum atomic E-state index is 12.5. The minimum absolute atomic E-state index is 0.190. The Hall–Kier alpha value is -4.19. The van der Waals surface area contributed by atoms with Crippen molar-refractivity contribution < 1.29 is 15.3 Å². The highest BCUT2D eigenvalue weighted by atomic mass is 16.3. The number of aliphatic hydroxyl groups is 1. The Morgan fingerprint density at radius 1 is 1.17 bits per heavy atom. The van der Waals surface area contributed by atoms with Crippen LogP contribution in [0.25, 0.3) is 16.3 Å². The third-order valence-electron chi connectivity index (χ3n) is 5.95. The fourth-order valence-corrected chi connectivity index (χ4v) is 3.78. The van der Waals surface area contributed by atoms with Gasteiger partial charge in [0.1, 0.15) is 5.82 Å². The lowest BCUT2D eigenvalue weighted by Gasteiger charge is -2.22. The largest absolute Gasteiger partial charge is 0.404 e. The number of carbonyl (C=O) groups excluding carboxylic acids is 1. The predicted octanol–water partition coefficient (Wildman–Crippen LogP) is 0.779. The number of nitrogens with two attached hydrogens (primary N) is 3. The molecule has 3 rings (SSSR count). The van der Waals surface area contributed by atoms with Crippen LogP contribution >= 0.6 is 0 Å².